The van der Waals surface area contributed by atoms with E-state index >= 15 is 0 Å². The highest BCUT2D eigenvalue weighted by atomic mass is 16.5. The molecule has 7 heteroatoms. The summed E-state index contributed by atoms with van der Waals surface area (Å²) < 4.78 is 5.20. The summed E-state index contributed by atoms with van der Waals surface area (Å²) in [5.74, 6) is -1.10. The predicted octanol–water partition coefficient (Wildman–Crippen LogP) is 0.450. The summed E-state index contributed by atoms with van der Waals surface area (Å²) in [6.07, 6.45) is 0. The largest absolute Gasteiger partial charge is 0.508 e. The summed E-state index contributed by atoms with van der Waals surface area (Å²) in [7, 11) is 0. The Labute approximate surface area is 128 Å². The fraction of sp³-hybridized carbons (Fsp3) is 0.467. The standard InChI is InChI=1S/C15H20N2O5/c1-11-12(3-2-4-13(11)18)17(10-15(20)21)9-14(19)16-5-7-22-8-6-16/h2-4,18H,5-10H2,1H3,(H,20,21). The Morgan fingerprint density at radius 2 is 1.95 bits per heavy atom. The van der Waals surface area contributed by atoms with Crippen LogP contribution >= 0.6 is 0 Å². The number of rotatable bonds is 5. The lowest BCUT2D eigenvalue weighted by molar-refractivity contribution is -0.135. The van der Waals surface area contributed by atoms with E-state index in [1.54, 1.807) is 24.0 Å². The van der Waals surface area contributed by atoms with Crippen molar-refractivity contribution in [3.05, 3.63) is 23.8 Å². The second-order valence-electron chi connectivity index (χ2n) is 5.16. The molecule has 2 rings (SSSR count). The number of carbonyl (C=O) groups excluding carboxylic acids is 1. The van der Waals surface area contributed by atoms with Gasteiger partial charge in [0.1, 0.15) is 12.3 Å². The van der Waals surface area contributed by atoms with E-state index in [0.29, 0.717) is 37.6 Å². The minimum atomic E-state index is -1.03. The lowest BCUT2D eigenvalue weighted by Crippen LogP contribution is -2.47. The molecule has 0 atom stereocenters. The van der Waals surface area contributed by atoms with Crippen molar-refractivity contribution >= 4 is 17.6 Å². The van der Waals surface area contributed by atoms with Gasteiger partial charge in [0.05, 0.1) is 19.8 Å². The molecule has 0 aromatic heterocycles. The molecule has 1 fully saturated rings. The van der Waals surface area contributed by atoms with Crippen LogP contribution in [-0.2, 0) is 14.3 Å². The molecule has 0 radical (unpaired) electrons. The van der Waals surface area contributed by atoms with Crippen LogP contribution in [0.2, 0.25) is 0 Å². The molecule has 0 spiro atoms. The number of benzene rings is 1. The second-order valence-corrected chi connectivity index (χ2v) is 5.16. The number of ether oxygens (including phenoxy) is 1. The van der Waals surface area contributed by atoms with Crippen LogP contribution < -0.4 is 4.90 Å². The van der Waals surface area contributed by atoms with Crippen LogP contribution in [-0.4, -0.2) is 66.4 Å². The first-order valence-electron chi connectivity index (χ1n) is 7.10. The number of aliphatic carboxylic acids is 1. The molecule has 0 unspecified atom stereocenters. The molecule has 1 aliphatic heterocycles. The van der Waals surface area contributed by atoms with Gasteiger partial charge in [-0.15, -0.1) is 0 Å². The first-order valence-corrected chi connectivity index (χ1v) is 7.10. The smallest absolute Gasteiger partial charge is 0.323 e. The van der Waals surface area contributed by atoms with Gasteiger partial charge in [-0.1, -0.05) is 6.07 Å². The van der Waals surface area contributed by atoms with Crippen molar-refractivity contribution < 1.29 is 24.5 Å². The summed E-state index contributed by atoms with van der Waals surface area (Å²) in [6, 6.07) is 4.86. The normalized spacial score (nSPS) is 14.7. The fourth-order valence-corrected chi connectivity index (χ4v) is 2.42. The summed E-state index contributed by atoms with van der Waals surface area (Å²) in [5, 5.41) is 18.9. The second kappa shape index (κ2) is 7.13. The number of amides is 1. The van der Waals surface area contributed by atoms with Gasteiger partial charge >= 0.3 is 5.97 Å². The van der Waals surface area contributed by atoms with Gasteiger partial charge in [-0.3, -0.25) is 9.59 Å². The van der Waals surface area contributed by atoms with Crippen LogP contribution in [0, 0.1) is 6.92 Å². The van der Waals surface area contributed by atoms with Crippen LogP contribution in [0.5, 0.6) is 5.75 Å². The van der Waals surface area contributed by atoms with Crippen LogP contribution in [0.4, 0.5) is 5.69 Å². The van der Waals surface area contributed by atoms with E-state index in [0.717, 1.165) is 0 Å². The highest BCUT2D eigenvalue weighted by Gasteiger charge is 2.22. The molecule has 1 heterocycles. The van der Waals surface area contributed by atoms with E-state index in [-0.39, 0.29) is 24.7 Å². The van der Waals surface area contributed by atoms with Gasteiger partial charge in [0.2, 0.25) is 5.91 Å². The number of phenols is 1. The van der Waals surface area contributed by atoms with Crippen molar-refractivity contribution in [2.24, 2.45) is 0 Å². The number of nitrogens with zero attached hydrogens (tertiary/aromatic N) is 2. The van der Waals surface area contributed by atoms with Crippen LogP contribution in [0.25, 0.3) is 0 Å². The number of aromatic hydroxyl groups is 1. The van der Waals surface area contributed by atoms with Gasteiger partial charge in [-0.25, -0.2) is 0 Å². The van der Waals surface area contributed by atoms with E-state index in [4.69, 9.17) is 9.84 Å². The van der Waals surface area contributed by atoms with Gasteiger partial charge < -0.3 is 24.7 Å². The monoisotopic (exact) mass is 308 g/mol. The Hall–Kier alpha value is -2.28. The number of anilines is 1. The highest BCUT2D eigenvalue weighted by Crippen LogP contribution is 2.27. The molecule has 1 aromatic carbocycles. The van der Waals surface area contributed by atoms with Gasteiger partial charge in [-0.2, -0.15) is 0 Å². The maximum atomic E-state index is 12.3. The third kappa shape index (κ3) is 3.88. The summed E-state index contributed by atoms with van der Waals surface area (Å²) in [5.41, 5.74) is 1.10. The average molecular weight is 308 g/mol. The molecule has 1 aliphatic rings. The Bertz CT molecular complexity index is 555. The van der Waals surface area contributed by atoms with Gasteiger partial charge in [0.25, 0.3) is 0 Å². The van der Waals surface area contributed by atoms with Crippen molar-refractivity contribution in [2.75, 3.05) is 44.3 Å². The maximum Gasteiger partial charge on any atom is 0.323 e. The molecule has 0 bridgehead atoms. The minimum Gasteiger partial charge on any atom is -0.508 e. The van der Waals surface area contributed by atoms with Gasteiger partial charge in [-0.05, 0) is 19.1 Å². The molecular formula is C15H20N2O5. The topological polar surface area (TPSA) is 90.3 Å². The minimum absolute atomic E-state index is 0.0450. The first kappa shape index (κ1) is 16.1. The number of carboxylic acid groups (broad SMARTS) is 1. The number of hydrogen-bond acceptors (Lipinski definition) is 5. The zero-order chi connectivity index (χ0) is 16.1. The third-order valence-corrected chi connectivity index (χ3v) is 3.63. The number of morpholine rings is 1. The molecule has 1 saturated heterocycles. The molecule has 0 saturated carbocycles. The summed E-state index contributed by atoms with van der Waals surface area (Å²) in [4.78, 5) is 26.6. The Morgan fingerprint density at radius 3 is 2.59 bits per heavy atom. The number of phenolic OH excluding ortho intramolecular Hbond substituents is 1. The quantitative estimate of drug-likeness (QED) is 0.821. The van der Waals surface area contributed by atoms with E-state index in [9.17, 15) is 14.7 Å². The van der Waals surface area contributed by atoms with Crippen LogP contribution in [0.15, 0.2) is 18.2 Å². The maximum absolute atomic E-state index is 12.3. The van der Waals surface area contributed by atoms with Crippen molar-refractivity contribution in [1.29, 1.82) is 0 Å². The third-order valence-electron chi connectivity index (χ3n) is 3.63. The Balaban J connectivity index is 2.17. The predicted molar refractivity (Wildman–Crippen MR) is 80.1 cm³/mol. The fourth-order valence-electron chi connectivity index (χ4n) is 2.42. The summed E-state index contributed by atoms with van der Waals surface area (Å²) >= 11 is 0. The van der Waals surface area contributed by atoms with E-state index in [1.807, 2.05) is 0 Å². The zero-order valence-electron chi connectivity index (χ0n) is 12.5. The number of carboxylic acids is 1. The molecular weight excluding hydrogens is 288 g/mol. The SMILES string of the molecule is Cc1c(O)cccc1N(CC(=O)O)CC(=O)N1CCOCC1. The first-order chi connectivity index (χ1) is 10.5. The number of hydrogen-bond donors (Lipinski definition) is 2. The van der Waals surface area contributed by atoms with Gasteiger partial charge in [0.15, 0.2) is 0 Å². The molecule has 0 aliphatic carbocycles. The zero-order valence-corrected chi connectivity index (χ0v) is 12.5. The van der Waals surface area contributed by atoms with Crippen LogP contribution in [0.3, 0.4) is 0 Å². The number of carbonyl (C=O) groups is 2. The average Bonchev–Trinajstić information content (AvgIpc) is 2.50. The molecule has 1 amide bonds. The lowest BCUT2D eigenvalue weighted by Gasteiger charge is -2.31. The van der Waals surface area contributed by atoms with Crippen molar-refractivity contribution in [2.45, 2.75) is 6.92 Å². The van der Waals surface area contributed by atoms with Crippen molar-refractivity contribution in [1.82, 2.24) is 4.90 Å². The molecule has 2 N–H and O–H groups in total. The lowest BCUT2D eigenvalue weighted by atomic mass is 10.1. The Kier molecular flexibility index (Phi) is 5.21. The molecule has 1 aromatic rings. The molecule has 7 nitrogen and oxygen atoms in total. The van der Waals surface area contributed by atoms with E-state index < -0.39 is 5.97 Å². The highest BCUT2D eigenvalue weighted by molar-refractivity contribution is 5.85. The Morgan fingerprint density at radius 1 is 1.27 bits per heavy atom. The van der Waals surface area contributed by atoms with E-state index in [2.05, 4.69) is 0 Å². The van der Waals surface area contributed by atoms with Crippen molar-refractivity contribution in [3.63, 3.8) is 0 Å². The van der Waals surface area contributed by atoms with Gasteiger partial charge in [0, 0.05) is 24.3 Å². The van der Waals surface area contributed by atoms with E-state index in [1.165, 1.54) is 11.0 Å². The summed E-state index contributed by atoms with van der Waals surface area (Å²) in [6.45, 7) is 3.36. The van der Waals surface area contributed by atoms with Crippen molar-refractivity contribution in [3.8, 4) is 5.75 Å². The van der Waals surface area contributed by atoms with Crippen LogP contribution in [0.1, 0.15) is 5.56 Å². The molecule has 120 valence electrons. The molecule has 22 heavy (non-hydrogen) atoms.